The topological polar surface area (TPSA) is 89.1 Å². The first kappa shape index (κ1) is 24.8. The smallest absolute Gasteiger partial charge is 0.254 e. The van der Waals surface area contributed by atoms with Crippen molar-refractivity contribution in [2.75, 3.05) is 44.7 Å². The maximum Gasteiger partial charge on any atom is 0.254 e. The molecule has 2 fully saturated rings. The van der Waals surface area contributed by atoms with Gasteiger partial charge in [0.05, 0.1) is 6.54 Å². The van der Waals surface area contributed by atoms with E-state index in [2.05, 4.69) is 50.1 Å². The number of hydrogen-bond donors (Lipinski definition) is 3. The molecule has 0 aromatic heterocycles. The van der Waals surface area contributed by atoms with Gasteiger partial charge in [-0.05, 0) is 36.2 Å². The molecule has 176 valence electrons. The summed E-state index contributed by atoms with van der Waals surface area (Å²) in [4.78, 5) is 32.4. The van der Waals surface area contributed by atoms with Crippen LogP contribution in [0.4, 0.5) is 5.69 Å². The molecular weight excluding hydrogens is 531 g/mol. The Bertz CT molecular complexity index is 967. The predicted molar refractivity (Wildman–Crippen MR) is 141 cm³/mol. The van der Waals surface area contributed by atoms with Gasteiger partial charge in [0, 0.05) is 57.1 Å². The largest absolute Gasteiger partial charge is 0.369 e. The third kappa shape index (κ3) is 6.59. The Hall–Kier alpha value is -2.82. The number of anilines is 1. The molecule has 9 heteroatoms. The summed E-state index contributed by atoms with van der Waals surface area (Å²) in [5.41, 5.74) is 2.90. The van der Waals surface area contributed by atoms with E-state index >= 15 is 0 Å². The third-order valence-corrected chi connectivity index (χ3v) is 5.86. The maximum atomic E-state index is 12.6. The number of aliphatic imine (C=N–C) groups is 1. The second-order valence-corrected chi connectivity index (χ2v) is 8.11. The summed E-state index contributed by atoms with van der Waals surface area (Å²) >= 11 is 0. The summed E-state index contributed by atoms with van der Waals surface area (Å²) in [5.74, 6) is 0.545. The molecule has 2 aromatic rings. The first-order valence-electron chi connectivity index (χ1n) is 11.0. The minimum Gasteiger partial charge on any atom is -0.369 e. The number of carbonyl (C=O) groups excluding carboxylic acids is 2. The van der Waals surface area contributed by atoms with Gasteiger partial charge >= 0.3 is 0 Å². The van der Waals surface area contributed by atoms with Crippen LogP contribution in [0.5, 0.6) is 0 Å². The van der Waals surface area contributed by atoms with Gasteiger partial charge in [0.25, 0.3) is 5.91 Å². The summed E-state index contributed by atoms with van der Waals surface area (Å²) < 4.78 is 0. The summed E-state index contributed by atoms with van der Waals surface area (Å²) in [6, 6.07) is 18.3. The lowest BCUT2D eigenvalue weighted by molar-refractivity contribution is -0.123. The molecule has 0 radical (unpaired) electrons. The number of guanidine groups is 1. The van der Waals surface area contributed by atoms with Crippen molar-refractivity contribution in [3.8, 4) is 0 Å². The summed E-state index contributed by atoms with van der Waals surface area (Å²) in [6.45, 7) is 3.73. The third-order valence-electron chi connectivity index (χ3n) is 5.86. The number of benzene rings is 2. The van der Waals surface area contributed by atoms with Crippen molar-refractivity contribution in [1.82, 2.24) is 20.9 Å². The van der Waals surface area contributed by atoms with E-state index in [1.165, 1.54) is 5.69 Å². The zero-order valence-electron chi connectivity index (χ0n) is 18.8. The normalized spacial score (nSPS) is 18.4. The van der Waals surface area contributed by atoms with Crippen molar-refractivity contribution in [3.63, 3.8) is 0 Å². The van der Waals surface area contributed by atoms with Gasteiger partial charge in [-0.2, -0.15) is 0 Å². The zero-order chi connectivity index (χ0) is 22.3. The van der Waals surface area contributed by atoms with Gasteiger partial charge in [0.2, 0.25) is 5.91 Å². The SMILES string of the molecule is CN=C(NCc1ccc(C(=O)N2CCNC(=O)C2)cc1)NC1CCN(c2ccccc2)C1.I. The monoisotopic (exact) mass is 562 g/mol. The van der Waals surface area contributed by atoms with Crippen LogP contribution in [-0.2, 0) is 11.3 Å². The van der Waals surface area contributed by atoms with Gasteiger partial charge in [-0.1, -0.05) is 30.3 Å². The minimum absolute atomic E-state index is 0. The van der Waals surface area contributed by atoms with Crippen molar-refractivity contribution >= 4 is 47.4 Å². The van der Waals surface area contributed by atoms with Crippen LogP contribution in [0.15, 0.2) is 59.6 Å². The molecule has 2 aliphatic rings. The van der Waals surface area contributed by atoms with Crippen molar-refractivity contribution in [3.05, 3.63) is 65.7 Å². The van der Waals surface area contributed by atoms with E-state index in [9.17, 15) is 9.59 Å². The number of amides is 2. The Morgan fingerprint density at radius 1 is 1.12 bits per heavy atom. The summed E-state index contributed by atoms with van der Waals surface area (Å²) in [6.07, 6.45) is 1.06. The van der Waals surface area contributed by atoms with Gasteiger partial charge in [-0.3, -0.25) is 14.6 Å². The molecule has 2 amide bonds. The number of rotatable bonds is 5. The van der Waals surface area contributed by atoms with Crippen LogP contribution in [0.3, 0.4) is 0 Å². The highest BCUT2D eigenvalue weighted by molar-refractivity contribution is 14.0. The van der Waals surface area contributed by atoms with Crippen LogP contribution >= 0.6 is 24.0 Å². The van der Waals surface area contributed by atoms with Gasteiger partial charge in [0.15, 0.2) is 5.96 Å². The van der Waals surface area contributed by atoms with Crippen molar-refractivity contribution < 1.29 is 9.59 Å². The van der Waals surface area contributed by atoms with Crippen LogP contribution in [-0.4, -0.2) is 68.5 Å². The highest BCUT2D eigenvalue weighted by Gasteiger charge is 2.24. The van der Waals surface area contributed by atoms with E-state index in [1.54, 1.807) is 11.9 Å². The van der Waals surface area contributed by atoms with Crippen molar-refractivity contribution in [2.45, 2.75) is 19.0 Å². The summed E-state index contributed by atoms with van der Waals surface area (Å²) in [5, 5.41) is 9.60. The molecule has 0 bridgehead atoms. The molecule has 1 unspecified atom stereocenters. The van der Waals surface area contributed by atoms with E-state index in [0.29, 0.717) is 31.2 Å². The first-order chi connectivity index (χ1) is 15.6. The first-order valence-corrected chi connectivity index (χ1v) is 11.0. The van der Waals surface area contributed by atoms with E-state index in [-0.39, 0.29) is 42.3 Å². The van der Waals surface area contributed by atoms with Gasteiger partial charge in [0.1, 0.15) is 0 Å². The molecule has 2 heterocycles. The second-order valence-electron chi connectivity index (χ2n) is 8.11. The van der Waals surface area contributed by atoms with E-state index < -0.39 is 0 Å². The molecule has 8 nitrogen and oxygen atoms in total. The fourth-order valence-corrected chi connectivity index (χ4v) is 4.08. The van der Waals surface area contributed by atoms with Crippen LogP contribution in [0.1, 0.15) is 22.3 Å². The van der Waals surface area contributed by atoms with Gasteiger partial charge in [-0.25, -0.2) is 0 Å². The number of piperazine rings is 1. The highest BCUT2D eigenvalue weighted by atomic mass is 127. The molecule has 3 N–H and O–H groups in total. The predicted octanol–water partition coefficient (Wildman–Crippen LogP) is 1.82. The standard InChI is InChI=1S/C24H30N6O2.HI/c1-25-24(28-20-11-13-29(16-20)21-5-3-2-4-6-21)27-15-18-7-9-19(10-8-18)23(32)30-14-12-26-22(31)17-30;/h2-10,20H,11-17H2,1H3,(H,26,31)(H2,25,27,28);1H. The molecule has 0 spiro atoms. The van der Waals surface area contributed by atoms with E-state index in [1.807, 2.05) is 30.3 Å². The van der Waals surface area contributed by atoms with Crippen LogP contribution < -0.4 is 20.9 Å². The van der Waals surface area contributed by atoms with E-state index in [0.717, 1.165) is 31.0 Å². The lowest BCUT2D eigenvalue weighted by atomic mass is 10.1. The molecule has 4 rings (SSSR count). The van der Waals surface area contributed by atoms with Crippen molar-refractivity contribution in [2.24, 2.45) is 4.99 Å². The van der Waals surface area contributed by atoms with E-state index in [4.69, 9.17) is 0 Å². The number of hydrogen-bond acceptors (Lipinski definition) is 4. The number of nitrogens with zero attached hydrogens (tertiary/aromatic N) is 3. The fraction of sp³-hybridized carbons (Fsp3) is 0.375. The lowest BCUT2D eigenvalue weighted by Crippen LogP contribution is -2.49. The Morgan fingerprint density at radius 2 is 1.88 bits per heavy atom. The molecule has 2 aromatic carbocycles. The quantitative estimate of drug-likeness (QED) is 0.294. The van der Waals surface area contributed by atoms with Crippen LogP contribution in [0.25, 0.3) is 0 Å². The second kappa shape index (κ2) is 11.9. The Kier molecular flexibility index (Phi) is 8.93. The fourth-order valence-electron chi connectivity index (χ4n) is 4.08. The number of halogens is 1. The molecule has 2 aliphatic heterocycles. The molecule has 1 atom stereocenters. The van der Waals surface area contributed by atoms with Crippen LogP contribution in [0, 0.1) is 0 Å². The maximum absolute atomic E-state index is 12.6. The molecule has 33 heavy (non-hydrogen) atoms. The number of para-hydroxylation sites is 1. The minimum atomic E-state index is -0.113. The van der Waals surface area contributed by atoms with Gasteiger partial charge in [-0.15, -0.1) is 24.0 Å². The van der Waals surface area contributed by atoms with Crippen LogP contribution in [0.2, 0.25) is 0 Å². The average molecular weight is 562 g/mol. The molecular formula is C24H31IN6O2. The Morgan fingerprint density at radius 3 is 2.58 bits per heavy atom. The Labute approximate surface area is 211 Å². The average Bonchev–Trinajstić information content (AvgIpc) is 3.31. The van der Waals surface area contributed by atoms with Crippen molar-refractivity contribution in [1.29, 1.82) is 0 Å². The molecule has 0 aliphatic carbocycles. The van der Waals surface area contributed by atoms with Gasteiger partial charge < -0.3 is 25.8 Å². The zero-order valence-corrected chi connectivity index (χ0v) is 21.1. The Balaban J connectivity index is 0.00000306. The highest BCUT2D eigenvalue weighted by Crippen LogP contribution is 2.19. The number of carbonyl (C=O) groups is 2. The lowest BCUT2D eigenvalue weighted by Gasteiger charge is -2.26. The summed E-state index contributed by atoms with van der Waals surface area (Å²) in [7, 11) is 1.77. The molecule has 2 saturated heterocycles. The number of nitrogens with one attached hydrogen (secondary N) is 3. The molecule has 0 saturated carbocycles.